The highest BCUT2D eigenvalue weighted by molar-refractivity contribution is 6.30. The Morgan fingerprint density at radius 2 is 1.73 bits per heavy atom. The molecule has 5 heteroatoms. The van der Waals surface area contributed by atoms with Gasteiger partial charge in [0.2, 0.25) is 11.8 Å². The first-order valence-electron chi connectivity index (χ1n) is 8.86. The van der Waals surface area contributed by atoms with Gasteiger partial charge in [0.05, 0.1) is 11.8 Å². The molecule has 2 atom stereocenters. The third-order valence-electron chi connectivity index (χ3n) is 4.66. The molecule has 0 bridgehead atoms. The molecule has 0 aromatic heterocycles. The normalized spacial score (nSPS) is 18.5. The second kappa shape index (κ2) is 7.92. The minimum atomic E-state index is -0.254. The molecule has 0 radical (unpaired) electrons. The number of rotatable bonds is 6. The van der Waals surface area contributed by atoms with Crippen molar-refractivity contribution in [2.45, 2.75) is 32.9 Å². The molecular weight excluding hydrogens is 348 g/mol. The van der Waals surface area contributed by atoms with Crippen LogP contribution in [0.15, 0.2) is 54.6 Å². The van der Waals surface area contributed by atoms with E-state index in [0.29, 0.717) is 23.7 Å². The lowest BCUT2D eigenvalue weighted by atomic mass is 10.1. The minimum absolute atomic E-state index is 0.0557. The van der Waals surface area contributed by atoms with Crippen LogP contribution in [0.3, 0.4) is 0 Å². The summed E-state index contributed by atoms with van der Waals surface area (Å²) in [6.45, 7) is 4.58. The smallest absolute Gasteiger partial charge is 0.228 e. The SMILES string of the molecule is CC(C)N(Cc1ccccc1)C(=O)C1CC1C(=O)Nc1ccc(Cl)cc1. The van der Waals surface area contributed by atoms with Crippen molar-refractivity contribution >= 4 is 29.1 Å². The maximum absolute atomic E-state index is 12.9. The van der Waals surface area contributed by atoms with Crippen LogP contribution >= 0.6 is 11.6 Å². The van der Waals surface area contributed by atoms with Gasteiger partial charge in [-0.1, -0.05) is 41.9 Å². The number of anilines is 1. The van der Waals surface area contributed by atoms with Crippen LogP contribution in [0, 0.1) is 11.8 Å². The van der Waals surface area contributed by atoms with Crippen LogP contribution in [-0.4, -0.2) is 22.8 Å². The van der Waals surface area contributed by atoms with Gasteiger partial charge in [-0.25, -0.2) is 0 Å². The second-order valence-corrected chi connectivity index (χ2v) is 7.43. The number of amides is 2. The predicted octanol–water partition coefficient (Wildman–Crippen LogP) is 4.35. The summed E-state index contributed by atoms with van der Waals surface area (Å²) >= 11 is 5.86. The maximum Gasteiger partial charge on any atom is 0.228 e. The number of nitrogens with zero attached hydrogens (tertiary/aromatic N) is 1. The molecule has 1 aliphatic rings. The Hall–Kier alpha value is -2.33. The van der Waals surface area contributed by atoms with Gasteiger partial charge in [-0.15, -0.1) is 0 Å². The zero-order valence-corrected chi connectivity index (χ0v) is 15.7. The molecule has 0 aliphatic heterocycles. The van der Waals surface area contributed by atoms with Gasteiger partial charge >= 0.3 is 0 Å². The summed E-state index contributed by atoms with van der Waals surface area (Å²) < 4.78 is 0. The molecular formula is C21H23ClN2O2. The van der Waals surface area contributed by atoms with Crippen LogP contribution in [-0.2, 0) is 16.1 Å². The van der Waals surface area contributed by atoms with Crippen molar-refractivity contribution in [2.75, 3.05) is 5.32 Å². The Kier molecular flexibility index (Phi) is 5.62. The highest BCUT2D eigenvalue weighted by Crippen LogP contribution is 2.41. The Morgan fingerprint density at radius 1 is 1.08 bits per heavy atom. The molecule has 2 aromatic rings. The number of hydrogen-bond donors (Lipinski definition) is 1. The van der Waals surface area contributed by atoms with E-state index in [4.69, 9.17) is 11.6 Å². The van der Waals surface area contributed by atoms with Crippen LogP contribution in [0.1, 0.15) is 25.8 Å². The maximum atomic E-state index is 12.9. The predicted molar refractivity (Wildman–Crippen MR) is 104 cm³/mol. The van der Waals surface area contributed by atoms with Crippen LogP contribution in [0.2, 0.25) is 5.02 Å². The fourth-order valence-electron chi connectivity index (χ4n) is 3.03. The molecule has 1 saturated carbocycles. The van der Waals surface area contributed by atoms with Crippen LogP contribution in [0.25, 0.3) is 0 Å². The fourth-order valence-corrected chi connectivity index (χ4v) is 3.16. The molecule has 1 aliphatic carbocycles. The van der Waals surface area contributed by atoms with Gasteiger partial charge in [-0.05, 0) is 50.1 Å². The molecule has 2 unspecified atom stereocenters. The topological polar surface area (TPSA) is 49.4 Å². The van der Waals surface area contributed by atoms with Gasteiger partial charge in [0, 0.05) is 23.3 Å². The van der Waals surface area contributed by atoms with Crippen LogP contribution in [0.4, 0.5) is 5.69 Å². The van der Waals surface area contributed by atoms with Gasteiger partial charge in [0.15, 0.2) is 0 Å². The molecule has 0 heterocycles. The van der Waals surface area contributed by atoms with E-state index in [1.807, 2.05) is 49.1 Å². The molecule has 3 rings (SSSR count). The molecule has 0 spiro atoms. The molecule has 2 amide bonds. The Bertz CT molecular complexity index is 774. The second-order valence-electron chi connectivity index (χ2n) is 6.99. The monoisotopic (exact) mass is 370 g/mol. The van der Waals surface area contributed by atoms with Crippen molar-refractivity contribution in [1.82, 2.24) is 4.90 Å². The first-order chi connectivity index (χ1) is 12.5. The van der Waals surface area contributed by atoms with Crippen molar-refractivity contribution in [3.63, 3.8) is 0 Å². The molecule has 2 aromatic carbocycles. The number of halogens is 1. The summed E-state index contributed by atoms with van der Waals surface area (Å²) in [7, 11) is 0. The largest absolute Gasteiger partial charge is 0.336 e. The van der Waals surface area contributed by atoms with Crippen molar-refractivity contribution in [3.05, 3.63) is 65.2 Å². The van der Waals surface area contributed by atoms with E-state index >= 15 is 0 Å². The number of benzene rings is 2. The standard InChI is InChI=1S/C21H23ClN2O2/c1-14(2)24(13-15-6-4-3-5-7-15)21(26)19-12-18(19)20(25)23-17-10-8-16(22)9-11-17/h3-11,14,18-19H,12-13H2,1-2H3,(H,23,25). The molecule has 1 N–H and O–H groups in total. The zero-order valence-electron chi connectivity index (χ0n) is 15.0. The summed E-state index contributed by atoms with van der Waals surface area (Å²) in [5, 5.41) is 3.49. The number of hydrogen-bond acceptors (Lipinski definition) is 2. The number of carbonyl (C=O) groups excluding carboxylic acids is 2. The van der Waals surface area contributed by atoms with Crippen LogP contribution < -0.4 is 5.32 Å². The van der Waals surface area contributed by atoms with Crippen LogP contribution in [0.5, 0.6) is 0 Å². The Morgan fingerprint density at radius 3 is 2.35 bits per heavy atom. The highest BCUT2D eigenvalue weighted by Gasteiger charge is 2.49. The zero-order chi connectivity index (χ0) is 18.7. The summed E-state index contributed by atoms with van der Waals surface area (Å²) in [4.78, 5) is 27.2. The van der Waals surface area contributed by atoms with E-state index in [-0.39, 0.29) is 29.7 Å². The van der Waals surface area contributed by atoms with Gasteiger partial charge < -0.3 is 10.2 Å². The Labute approximate surface area is 159 Å². The fraction of sp³-hybridized carbons (Fsp3) is 0.333. The average molecular weight is 371 g/mol. The van der Waals surface area contributed by atoms with Gasteiger partial charge in [-0.2, -0.15) is 0 Å². The van der Waals surface area contributed by atoms with Gasteiger partial charge in [-0.3, -0.25) is 9.59 Å². The number of nitrogens with one attached hydrogen (secondary N) is 1. The third-order valence-corrected chi connectivity index (χ3v) is 4.91. The summed E-state index contributed by atoms with van der Waals surface area (Å²) in [5.74, 6) is -0.530. The van der Waals surface area contributed by atoms with Crippen molar-refractivity contribution in [1.29, 1.82) is 0 Å². The lowest BCUT2D eigenvalue weighted by Crippen LogP contribution is -2.38. The molecule has 0 saturated heterocycles. The first kappa shape index (κ1) is 18.5. The van der Waals surface area contributed by atoms with Gasteiger partial charge in [0.25, 0.3) is 0 Å². The van der Waals surface area contributed by atoms with E-state index < -0.39 is 0 Å². The lowest BCUT2D eigenvalue weighted by molar-refractivity contribution is -0.136. The van der Waals surface area contributed by atoms with E-state index in [2.05, 4.69) is 5.32 Å². The van der Waals surface area contributed by atoms with E-state index in [1.54, 1.807) is 24.3 Å². The minimum Gasteiger partial charge on any atom is -0.336 e. The van der Waals surface area contributed by atoms with Crippen molar-refractivity contribution in [3.8, 4) is 0 Å². The van der Waals surface area contributed by atoms with E-state index in [1.165, 1.54) is 0 Å². The third kappa shape index (κ3) is 4.44. The van der Waals surface area contributed by atoms with E-state index in [9.17, 15) is 9.59 Å². The van der Waals surface area contributed by atoms with Gasteiger partial charge in [0.1, 0.15) is 0 Å². The Balaban J connectivity index is 1.60. The molecule has 136 valence electrons. The highest BCUT2D eigenvalue weighted by atomic mass is 35.5. The summed E-state index contributed by atoms with van der Waals surface area (Å²) in [5.41, 5.74) is 1.79. The average Bonchev–Trinajstić information content (AvgIpc) is 3.43. The first-order valence-corrected chi connectivity index (χ1v) is 9.24. The molecule has 26 heavy (non-hydrogen) atoms. The summed E-state index contributed by atoms with van der Waals surface area (Å²) in [6.07, 6.45) is 0.607. The lowest BCUT2D eigenvalue weighted by Gasteiger charge is -2.27. The van der Waals surface area contributed by atoms with Crippen molar-refractivity contribution < 1.29 is 9.59 Å². The van der Waals surface area contributed by atoms with E-state index in [0.717, 1.165) is 5.56 Å². The summed E-state index contributed by atoms with van der Waals surface area (Å²) in [6, 6.07) is 17.0. The quantitative estimate of drug-likeness (QED) is 0.821. The van der Waals surface area contributed by atoms with Crippen molar-refractivity contribution in [2.24, 2.45) is 11.8 Å². The number of carbonyl (C=O) groups is 2. The molecule has 4 nitrogen and oxygen atoms in total. The molecule has 1 fully saturated rings.